The molecule has 0 aliphatic heterocycles. The van der Waals surface area contributed by atoms with Crippen molar-refractivity contribution in [1.82, 2.24) is 15.2 Å². The molecule has 108 valence electrons. The minimum Gasteiger partial charge on any atom is -0.493 e. The number of nitrogens with one attached hydrogen (secondary N) is 1. The Bertz CT molecular complexity index is 841. The van der Waals surface area contributed by atoms with Crippen molar-refractivity contribution in [3.05, 3.63) is 23.9 Å². The lowest BCUT2D eigenvalue weighted by atomic mass is 10.1. The topological polar surface area (TPSA) is 86.3 Å². The normalized spacial score (nSPS) is 10.8. The van der Waals surface area contributed by atoms with Crippen LogP contribution in [0.2, 0.25) is 0 Å². The van der Waals surface area contributed by atoms with Gasteiger partial charge in [0.2, 0.25) is 0 Å². The molecule has 0 saturated carbocycles. The number of aromatic amines is 1. The third kappa shape index (κ3) is 2.03. The zero-order valence-electron chi connectivity index (χ0n) is 11.8. The van der Waals surface area contributed by atoms with Gasteiger partial charge in [-0.3, -0.25) is 0 Å². The molecule has 0 aliphatic rings. The van der Waals surface area contributed by atoms with Crippen LogP contribution in [0.4, 0.5) is 0 Å². The van der Waals surface area contributed by atoms with Gasteiger partial charge in [-0.2, -0.15) is 0 Å². The lowest BCUT2D eigenvalue weighted by Crippen LogP contribution is -2.05. The van der Waals surface area contributed by atoms with Gasteiger partial charge in [0.15, 0.2) is 22.8 Å². The Morgan fingerprint density at radius 3 is 2.38 bits per heavy atom. The molecular weight excluding hydrogens is 274 g/mol. The van der Waals surface area contributed by atoms with Gasteiger partial charge in [-0.05, 0) is 12.1 Å². The third-order valence-corrected chi connectivity index (χ3v) is 3.26. The zero-order valence-corrected chi connectivity index (χ0v) is 11.8. The highest BCUT2D eigenvalue weighted by atomic mass is 16.5. The molecule has 2 aromatic heterocycles. The summed E-state index contributed by atoms with van der Waals surface area (Å²) in [4.78, 5) is 14.7. The van der Waals surface area contributed by atoms with Gasteiger partial charge in [-0.1, -0.05) is 0 Å². The van der Waals surface area contributed by atoms with E-state index in [9.17, 15) is 4.79 Å². The van der Waals surface area contributed by atoms with E-state index in [0.29, 0.717) is 17.1 Å². The largest absolute Gasteiger partial charge is 0.493 e. The third-order valence-electron chi connectivity index (χ3n) is 3.26. The first-order valence-electron chi connectivity index (χ1n) is 6.17. The van der Waals surface area contributed by atoms with Gasteiger partial charge in [0.1, 0.15) is 0 Å². The fourth-order valence-electron chi connectivity index (χ4n) is 2.23. The Kier molecular flexibility index (Phi) is 3.09. The molecule has 0 bridgehead atoms. The van der Waals surface area contributed by atoms with Crippen molar-refractivity contribution in [1.29, 1.82) is 0 Å². The fraction of sp³-hybridized carbons (Fsp3) is 0.214. The highest BCUT2D eigenvalue weighted by molar-refractivity contribution is 6.08. The molecule has 0 atom stereocenters. The number of rotatable bonds is 3. The number of nitrogens with zero attached hydrogens (tertiary/aromatic N) is 2. The number of fused-ring (bicyclic) bond motifs is 3. The molecule has 1 N–H and O–H groups in total. The second kappa shape index (κ2) is 4.93. The number of benzene rings is 1. The molecule has 0 spiro atoms. The van der Waals surface area contributed by atoms with Crippen LogP contribution in [0.25, 0.3) is 21.9 Å². The monoisotopic (exact) mass is 287 g/mol. The first-order valence-corrected chi connectivity index (χ1v) is 6.17. The number of hydrogen-bond donors (Lipinski definition) is 1. The molecule has 7 heteroatoms. The Morgan fingerprint density at radius 2 is 1.71 bits per heavy atom. The molecule has 3 rings (SSSR count). The Hall–Kier alpha value is -2.83. The van der Waals surface area contributed by atoms with Crippen LogP contribution in [0.1, 0.15) is 10.5 Å². The lowest BCUT2D eigenvalue weighted by molar-refractivity contribution is 0.0593. The molecule has 0 radical (unpaired) electrons. The maximum Gasteiger partial charge on any atom is 0.358 e. The molecule has 21 heavy (non-hydrogen) atoms. The average molecular weight is 287 g/mol. The van der Waals surface area contributed by atoms with Crippen LogP contribution in [0.3, 0.4) is 0 Å². The molecule has 0 fully saturated rings. The second-order valence-corrected chi connectivity index (χ2v) is 4.36. The molecule has 0 saturated heterocycles. The van der Waals surface area contributed by atoms with E-state index in [4.69, 9.17) is 9.47 Å². The van der Waals surface area contributed by atoms with Gasteiger partial charge >= 0.3 is 5.97 Å². The highest BCUT2D eigenvalue weighted by Crippen LogP contribution is 2.35. The summed E-state index contributed by atoms with van der Waals surface area (Å²) in [6.07, 6.45) is 0. The van der Waals surface area contributed by atoms with E-state index in [1.807, 2.05) is 12.1 Å². The fourth-order valence-corrected chi connectivity index (χ4v) is 2.23. The predicted molar refractivity (Wildman–Crippen MR) is 75.8 cm³/mol. The number of carbonyl (C=O) groups is 1. The molecule has 1 aromatic carbocycles. The Balaban J connectivity index is 2.30. The van der Waals surface area contributed by atoms with Crippen LogP contribution in [0, 0.1) is 0 Å². The highest BCUT2D eigenvalue weighted by Gasteiger charge is 2.15. The van der Waals surface area contributed by atoms with Crippen molar-refractivity contribution in [2.24, 2.45) is 0 Å². The molecule has 7 nitrogen and oxygen atoms in total. The van der Waals surface area contributed by atoms with Gasteiger partial charge in [-0.15, -0.1) is 10.2 Å². The number of aromatic nitrogens is 3. The average Bonchev–Trinajstić information content (AvgIpc) is 2.89. The maximum atomic E-state index is 11.6. The Morgan fingerprint density at radius 1 is 1.00 bits per heavy atom. The molecule has 0 unspecified atom stereocenters. The summed E-state index contributed by atoms with van der Waals surface area (Å²) in [6.45, 7) is 0. The van der Waals surface area contributed by atoms with Crippen molar-refractivity contribution in [2.45, 2.75) is 0 Å². The number of H-pyrrole nitrogens is 1. The van der Waals surface area contributed by atoms with Gasteiger partial charge < -0.3 is 19.2 Å². The van der Waals surface area contributed by atoms with Gasteiger partial charge in [0.25, 0.3) is 0 Å². The summed E-state index contributed by atoms with van der Waals surface area (Å²) >= 11 is 0. The van der Waals surface area contributed by atoms with E-state index in [0.717, 1.165) is 16.3 Å². The van der Waals surface area contributed by atoms with E-state index in [1.165, 1.54) is 7.11 Å². The maximum absolute atomic E-state index is 11.6. The number of ether oxygens (including phenoxy) is 3. The van der Waals surface area contributed by atoms with Crippen molar-refractivity contribution < 1.29 is 19.0 Å². The van der Waals surface area contributed by atoms with Crippen LogP contribution in [-0.4, -0.2) is 42.5 Å². The van der Waals surface area contributed by atoms with Crippen LogP contribution >= 0.6 is 0 Å². The van der Waals surface area contributed by atoms with E-state index >= 15 is 0 Å². The summed E-state index contributed by atoms with van der Waals surface area (Å²) in [6, 6.07) is 5.28. The van der Waals surface area contributed by atoms with Crippen LogP contribution in [0.5, 0.6) is 11.5 Å². The first kappa shape index (κ1) is 13.2. The minimum atomic E-state index is -0.528. The minimum absolute atomic E-state index is 0.153. The molecule has 3 aromatic rings. The van der Waals surface area contributed by atoms with Gasteiger partial charge in [0, 0.05) is 16.8 Å². The predicted octanol–water partition coefficient (Wildman–Crippen LogP) is 1.91. The number of esters is 1. The lowest BCUT2D eigenvalue weighted by Gasteiger charge is -2.07. The van der Waals surface area contributed by atoms with E-state index in [2.05, 4.69) is 19.9 Å². The van der Waals surface area contributed by atoms with Gasteiger partial charge in [0.05, 0.1) is 26.8 Å². The van der Waals surface area contributed by atoms with Crippen molar-refractivity contribution >= 4 is 27.9 Å². The van der Waals surface area contributed by atoms with Crippen LogP contribution < -0.4 is 9.47 Å². The number of hydrogen-bond acceptors (Lipinski definition) is 6. The molecular formula is C14H13N3O4. The van der Waals surface area contributed by atoms with E-state index in [-0.39, 0.29) is 5.69 Å². The quantitative estimate of drug-likeness (QED) is 0.740. The summed E-state index contributed by atoms with van der Waals surface area (Å²) in [5.74, 6) is 0.680. The smallest absolute Gasteiger partial charge is 0.358 e. The van der Waals surface area contributed by atoms with Crippen LogP contribution in [0.15, 0.2) is 18.2 Å². The van der Waals surface area contributed by atoms with Gasteiger partial charge in [-0.25, -0.2) is 4.79 Å². The molecule has 0 aliphatic carbocycles. The van der Waals surface area contributed by atoms with Crippen molar-refractivity contribution in [2.75, 3.05) is 21.3 Å². The zero-order chi connectivity index (χ0) is 15.0. The van der Waals surface area contributed by atoms with Crippen molar-refractivity contribution in [3.63, 3.8) is 0 Å². The molecule has 2 heterocycles. The molecule has 0 amide bonds. The van der Waals surface area contributed by atoms with Crippen LogP contribution in [-0.2, 0) is 4.74 Å². The standard InChI is InChI=1S/C14H13N3O4/c1-19-11-5-7-8-4-10(14(18)21-3)16-17-13(8)15-9(7)6-12(11)20-2/h4-6H,1-3H3,(H,15,17). The van der Waals surface area contributed by atoms with E-state index in [1.54, 1.807) is 20.3 Å². The summed E-state index contributed by atoms with van der Waals surface area (Å²) in [5.41, 5.74) is 1.55. The number of methoxy groups -OCH3 is 3. The Labute approximate surface area is 119 Å². The van der Waals surface area contributed by atoms with Crippen molar-refractivity contribution in [3.8, 4) is 11.5 Å². The second-order valence-electron chi connectivity index (χ2n) is 4.36. The number of carbonyl (C=O) groups excluding carboxylic acids is 1. The summed E-state index contributed by atoms with van der Waals surface area (Å²) < 4.78 is 15.2. The summed E-state index contributed by atoms with van der Waals surface area (Å²) in [7, 11) is 4.44. The SMILES string of the molecule is COC(=O)c1cc2c(nn1)[nH]c1cc(OC)c(OC)cc12. The first-order chi connectivity index (χ1) is 10.2. The summed E-state index contributed by atoms with van der Waals surface area (Å²) in [5, 5.41) is 9.48. The van der Waals surface area contributed by atoms with E-state index < -0.39 is 5.97 Å².